The van der Waals surface area contributed by atoms with E-state index in [4.69, 9.17) is 5.11 Å². The molecule has 54 heavy (non-hydrogen) atoms. The molecule has 0 spiro atoms. The van der Waals surface area contributed by atoms with Gasteiger partial charge in [0.25, 0.3) is 10.1 Å². The number of benzene rings is 2. The van der Waals surface area contributed by atoms with Crippen LogP contribution in [0, 0.1) is 6.92 Å². The summed E-state index contributed by atoms with van der Waals surface area (Å²) in [7, 11) is -4.39. The minimum absolute atomic E-state index is 0.0673. The Morgan fingerprint density at radius 1 is 0.889 bits per heavy atom. The number of anilines is 1. The van der Waals surface area contributed by atoms with E-state index in [1.165, 1.54) is 34.6 Å². The molecular weight excluding hydrogens is 703 g/mol. The van der Waals surface area contributed by atoms with Crippen LogP contribution in [0.4, 0.5) is 11.4 Å². The predicted molar refractivity (Wildman–Crippen MR) is 214 cm³/mol. The second kappa shape index (κ2) is 17.7. The Morgan fingerprint density at radius 3 is 2.26 bits per heavy atom. The molecule has 0 aliphatic carbocycles. The number of hydrogen-bond donors (Lipinski definition) is 3. The smallest absolute Gasteiger partial charge is 0.303 e. The van der Waals surface area contributed by atoms with Crippen molar-refractivity contribution in [3.63, 3.8) is 0 Å². The monoisotopic (exact) mass is 758 g/mol. The van der Waals surface area contributed by atoms with Gasteiger partial charge < -0.3 is 15.3 Å². The quantitative estimate of drug-likeness (QED) is 0.0603. The SMILES string of the molecule is CCC(=O)[C@@H](CCC(=O)O)NC(=O)CCCCC[N+]1=C(C=CC=CC=CC=C2N(CC)c3ccc(C)cc3C2(C)C)C(C)(C)c2cc(S(=O)(=O)O)ccc21. The van der Waals surface area contributed by atoms with Gasteiger partial charge in [0, 0.05) is 66.7 Å². The van der Waals surface area contributed by atoms with Crippen molar-refractivity contribution in [1.29, 1.82) is 0 Å². The molecule has 0 saturated heterocycles. The van der Waals surface area contributed by atoms with Crippen LogP contribution >= 0.6 is 0 Å². The van der Waals surface area contributed by atoms with Gasteiger partial charge in [-0.15, -0.1) is 0 Å². The van der Waals surface area contributed by atoms with E-state index in [1.54, 1.807) is 13.0 Å². The molecule has 0 saturated carbocycles. The largest absolute Gasteiger partial charge is 0.481 e. The van der Waals surface area contributed by atoms with Gasteiger partial charge >= 0.3 is 5.97 Å². The Bertz CT molecular complexity index is 2020. The summed E-state index contributed by atoms with van der Waals surface area (Å²) in [6.45, 7) is 16.1. The topological polar surface area (TPSA) is 144 Å². The number of unbranched alkanes of at least 4 members (excludes halogenated alkanes) is 2. The van der Waals surface area contributed by atoms with E-state index >= 15 is 0 Å². The zero-order valence-electron chi connectivity index (χ0n) is 32.7. The molecule has 3 N–H and O–H groups in total. The number of aliphatic carboxylic acids is 1. The lowest BCUT2D eigenvalue weighted by molar-refractivity contribution is -0.438. The number of carboxylic acids is 1. The number of fused-ring (bicyclic) bond motifs is 2. The Morgan fingerprint density at radius 2 is 1.59 bits per heavy atom. The van der Waals surface area contributed by atoms with Crippen LogP contribution in [0.5, 0.6) is 0 Å². The van der Waals surface area contributed by atoms with Gasteiger partial charge in [0.05, 0.1) is 16.4 Å². The van der Waals surface area contributed by atoms with Gasteiger partial charge in [0.15, 0.2) is 11.5 Å². The highest BCUT2D eigenvalue weighted by Gasteiger charge is 2.45. The number of carbonyl (C=O) groups excluding carboxylic acids is 2. The predicted octanol–water partition coefficient (Wildman–Crippen LogP) is 7.88. The number of aryl methyl sites for hydroxylation is 1. The number of nitrogens with zero attached hydrogens (tertiary/aromatic N) is 2. The molecule has 2 aromatic rings. The third-order valence-corrected chi connectivity index (χ3v) is 11.3. The molecule has 2 aliphatic heterocycles. The molecule has 0 bridgehead atoms. The minimum atomic E-state index is -4.39. The van der Waals surface area contributed by atoms with E-state index in [-0.39, 0.29) is 47.7 Å². The van der Waals surface area contributed by atoms with Crippen molar-refractivity contribution in [3.05, 3.63) is 101 Å². The third kappa shape index (κ3) is 9.73. The van der Waals surface area contributed by atoms with E-state index in [2.05, 4.69) is 72.8 Å². The second-order valence-corrected chi connectivity index (χ2v) is 16.5. The maximum Gasteiger partial charge on any atom is 0.303 e. The van der Waals surface area contributed by atoms with Crippen molar-refractivity contribution >= 4 is 44.9 Å². The summed E-state index contributed by atoms with van der Waals surface area (Å²) in [4.78, 5) is 38.1. The zero-order valence-corrected chi connectivity index (χ0v) is 33.5. The lowest BCUT2D eigenvalue weighted by atomic mass is 9.81. The van der Waals surface area contributed by atoms with E-state index in [0.717, 1.165) is 36.3 Å². The maximum atomic E-state index is 12.6. The summed E-state index contributed by atoms with van der Waals surface area (Å²) >= 11 is 0. The number of Topliss-reactive ketones (excluding diaryl/α,β-unsaturated/α-hetero) is 1. The number of ketones is 1. The Balaban J connectivity index is 1.47. The van der Waals surface area contributed by atoms with Crippen molar-refractivity contribution in [2.75, 3.05) is 18.0 Å². The van der Waals surface area contributed by atoms with Gasteiger partial charge in [-0.1, -0.05) is 68.8 Å². The van der Waals surface area contributed by atoms with Gasteiger partial charge in [-0.3, -0.25) is 18.9 Å². The number of carbonyl (C=O) groups is 3. The zero-order chi connectivity index (χ0) is 39.8. The summed E-state index contributed by atoms with van der Waals surface area (Å²) in [6.07, 6.45) is 16.5. The molecule has 0 aromatic heterocycles. The van der Waals surface area contributed by atoms with Crippen LogP contribution in [0.25, 0.3) is 0 Å². The molecule has 2 aromatic carbocycles. The normalized spacial score (nSPS) is 17.6. The Hall–Kier alpha value is -4.61. The molecule has 2 heterocycles. The average molecular weight is 759 g/mol. The van der Waals surface area contributed by atoms with E-state index < -0.39 is 27.5 Å². The molecule has 11 heteroatoms. The fourth-order valence-electron chi connectivity index (χ4n) is 7.50. The highest BCUT2D eigenvalue weighted by Crippen LogP contribution is 2.48. The minimum Gasteiger partial charge on any atom is -0.481 e. The van der Waals surface area contributed by atoms with Crippen LogP contribution in [0.3, 0.4) is 0 Å². The number of carboxylic acid groups (broad SMARTS) is 1. The number of rotatable bonds is 18. The Labute approximate surface area is 320 Å². The Kier molecular flexibility index (Phi) is 13.8. The second-order valence-electron chi connectivity index (χ2n) is 15.1. The molecule has 290 valence electrons. The number of hydrogen-bond acceptors (Lipinski definition) is 6. The molecule has 1 atom stereocenters. The highest BCUT2D eigenvalue weighted by molar-refractivity contribution is 7.85. The van der Waals surface area contributed by atoms with Crippen LogP contribution in [0.1, 0.15) is 103 Å². The van der Waals surface area contributed by atoms with Gasteiger partial charge in [-0.05, 0) is 76.8 Å². The number of likely N-dealkylation sites (N-methyl/N-ethyl adjacent to an activating group) is 1. The lowest BCUT2D eigenvalue weighted by Gasteiger charge is -2.25. The molecule has 0 unspecified atom stereocenters. The first-order valence-corrected chi connectivity index (χ1v) is 20.3. The first-order valence-electron chi connectivity index (χ1n) is 18.8. The fraction of sp³-hybridized carbons (Fsp3) is 0.442. The molecule has 4 rings (SSSR count). The van der Waals surface area contributed by atoms with Gasteiger partial charge in [-0.2, -0.15) is 13.0 Å². The fourth-order valence-corrected chi connectivity index (χ4v) is 8.01. The third-order valence-electron chi connectivity index (χ3n) is 10.5. The van der Waals surface area contributed by atoms with Crippen molar-refractivity contribution in [1.82, 2.24) is 5.32 Å². The summed E-state index contributed by atoms with van der Waals surface area (Å²) in [6, 6.07) is 10.5. The van der Waals surface area contributed by atoms with Crippen molar-refractivity contribution in [3.8, 4) is 0 Å². The van der Waals surface area contributed by atoms with Crippen molar-refractivity contribution in [2.24, 2.45) is 0 Å². The molecule has 10 nitrogen and oxygen atoms in total. The van der Waals surface area contributed by atoms with Gasteiger partial charge in [-0.25, -0.2) is 0 Å². The van der Waals surface area contributed by atoms with Gasteiger partial charge in [0.1, 0.15) is 6.54 Å². The summed E-state index contributed by atoms with van der Waals surface area (Å²) < 4.78 is 36.0. The van der Waals surface area contributed by atoms with E-state index in [1.807, 2.05) is 44.2 Å². The molecule has 0 radical (unpaired) electrons. The van der Waals surface area contributed by atoms with Crippen LogP contribution in [-0.4, -0.2) is 65.2 Å². The lowest BCUT2D eigenvalue weighted by Crippen LogP contribution is -2.40. The van der Waals surface area contributed by atoms with Crippen LogP contribution < -0.4 is 10.2 Å². The van der Waals surface area contributed by atoms with Gasteiger partial charge in [0.2, 0.25) is 11.6 Å². The summed E-state index contributed by atoms with van der Waals surface area (Å²) in [5.74, 6) is -1.48. The number of nitrogens with one attached hydrogen (secondary N) is 1. The molecule has 2 aliphatic rings. The van der Waals surface area contributed by atoms with Crippen LogP contribution in [-0.2, 0) is 35.3 Å². The first kappa shape index (κ1) is 42.1. The molecular formula is C43H56N3O7S+. The van der Waals surface area contributed by atoms with Crippen molar-refractivity contribution in [2.45, 2.75) is 115 Å². The molecule has 0 fully saturated rings. The highest BCUT2D eigenvalue weighted by atomic mass is 32.2. The first-order chi connectivity index (χ1) is 25.4. The number of allylic oxidation sites excluding steroid dienone is 8. The molecule has 1 amide bonds. The van der Waals surface area contributed by atoms with E-state index in [9.17, 15) is 27.4 Å². The van der Waals surface area contributed by atoms with E-state index in [0.29, 0.717) is 13.0 Å². The average Bonchev–Trinajstić information content (AvgIpc) is 3.45. The summed E-state index contributed by atoms with van der Waals surface area (Å²) in [5, 5.41) is 11.7. The van der Waals surface area contributed by atoms with Crippen LogP contribution in [0.2, 0.25) is 0 Å². The number of amides is 1. The van der Waals surface area contributed by atoms with Crippen molar-refractivity contribution < 1.29 is 37.0 Å². The standard InChI is InChI=1S/C43H55N3O7S/c1-8-37(47)34(23-26-41(49)50)44-40(48)20-16-13-17-27-46-36-25-22-31(54(51,52)53)29-33(36)43(6,7)39(46)19-15-12-10-11-14-18-38-42(4,5)32-28-30(3)21-24-35(32)45(38)9-2/h10-12,14-15,18-19,21-22,24-25,28-29,34H,8-9,13,16-17,20,23,26-27H2,1-7H3,(H2-,44,48,49,50,51,52,53)/p+1/t34-/m1/s1. The summed E-state index contributed by atoms with van der Waals surface area (Å²) in [5.41, 5.74) is 7.02. The van der Waals surface area contributed by atoms with Crippen LogP contribution in [0.15, 0.2) is 89.5 Å². The maximum absolute atomic E-state index is 12.6.